The Hall–Kier alpha value is -3.92. The SMILES string of the molecule is COc1ccc(CN2CCN(c3ccc(NC(=O)Cc4csc5nc(-c6ccc(Cl)cc6)cn45)cn3)CC2)cc1. The number of aromatic nitrogens is 3. The van der Waals surface area contributed by atoms with Gasteiger partial charge in [0.15, 0.2) is 4.96 Å². The molecular formula is C30H29ClN6O2S. The first-order valence-corrected chi connectivity index (χ1v) is 14.4. The topological polar surface area (TPSA) is 75.0 Å². The Kier molecular flexibility index (Phi) is 7.68. The monoisotopic (exact) mass is 572 g/mol. The van der Waals surface area contributed by atoms with Gasteiger partial charge >= 0.3 is 0 Å². The molecule has 0 bridgehead atoms. The molecule has 1 aliphatic heterocycles. The van der Waals surface area contributed by atoms with E-state index in [9.17, 15) is 4.79 Å². The second-order valence-electron chi connectivity index (χ2n) is 9.75. The molecule has 5 aromatic rings. The van der Waals surface area contributed by atoms with E-state index >= 15 is 0 Å². The van der Waals surface area contributed by atoms with Crippen LogP contribution in [0.5, 0.6) is 5.75 Å². The van der Waals surface area contributed by atoms with E-state index in [1.807, 2.05) is 64.5 Å². The highest BCUT2D eigenvalue weighted by atomic mass is 35.5. The van der Waals surface area contributed by atoms with Gasteiger partial charge in [-0.1, -0.05) is 35.9 Å². The van der Waals surface area contributed by atoms with E-state index in [4.69, 9.17) is 21.3 Å². The van der Waals surface area contributed by atoms with Crippen LogP contribution in [0.25, 0.3) is 16.2 Å². The van der Waals surface area contributed by atoms with E-state index < -0.39 is 0 Å². The number of fused-ring (bicyclic) bond motifs is 1. The van der Waals surface area contributed by atoms with Crippen molar-refractivity contribution in [2.75, 3.05) is 43.5 Å². The fourth-order valence-electron chi connectivity index (χ4n) is 4.86. The maximum Gasteiger partial charge on any atom is 0.230 e. The van der Waals surface area contributed by atoms with Crippen LogP contribution >= 0.6 is 22.9 Å². The summed E-state index contributed by atoms with van der Waals surface area (Å²) in [5.74, 6) is 1.71. The second kappa shape index (κ2) is 11.7. The molecule has 8 nitrogen and oxygen atoms in total. The minimum absolute atomic E-state index is 0.0943. The molecule has 0 radical (unpaired) electrons. The zero-order valence-electron chi connectivity index (χ0n) is 22.1. The first-order chi connectivity index (χ1) is 19.5. The van der Waals surface area contributed by atoms with E-state index in [-0.39, 0.29) is 12.3 Å². The molecule has 4 heterocycles. The Labute approximate surface area is 241 Å². The maximum atomic E-state index is 12.8. The summed E-state index contributed by atoms with van der Waals surface area (Å²) >= 11 is 7.53. The summed E-state index contributed by atoms with van der Waals surface area (Å²) in [5.41, 5.74) is 4.70. The van der Waals surface area contributed by atoms with Crippen LogP contribution in [0.15, 0.2) is 78.4 Å². The molecule has 1 amide bonds. The number of piperazine rings is 1. The molecule has 40 heavy (non-hydrogen) atoms. The van der Waals surface area contributed by atoms with Crippen LogP contribution in [-0.2, 0) is 17.8 Å². The quantitative estimate of drug-likeness (QED) is 0.260. The van der Waals surface area contributed by atoms with E-state index in [1.54, 1.807) is 13.3 Å². The lowest BCUT2D eigenvalue weighted by atomic mass is 10.2. The predicted octanol–water partition coefficient (Wildman–Crippen LogP) is 5.62. The predicted molar refractivity (Wildman–Crippen MR) is 161 cm³/mol. The Morgan fingerprint density at radius 1 is 1.02 bits per heavy atom. The summed E-state index contributed by atoms with van der Waals surface area (Å²) in [5, 5.41) is 5.64. The van der Waals surface area contributed by atoms with Crippen LogP contribution in [0.1, 0.15) is 11.3 Å². The summed E-state index contributed by atoms with van der Waals surface area (Å²) < 4.78 is 7.23. The van der Waals surface area contributed by atoms with Crippen molar-refractivity contribution >= 4 is 45.3 Å². The van der Waals surface area contributed by atoms with Crippen molar-refractivity contribution in [2.24, 2.45) is 0 Å². The standard InChI is InChI=1S/C30H29ClN6O2S/c1-39-26-9-2-21(3-10-26)18-35-12-14-36(15-13-35)28-11-8-24(17-32-28)33-29(38)16-25-20-40-30-34-27(19-37(25)30)22-4-6-23(31)7-5-22/h2-11,17,19-20H,12-16,18H2,1H3,(H,33,38). The Balaban J connectivity index is 1.02. The first kappa shape index (κ1) is 26.3. The van der Waals surface area contributed by atoms with Crippen molar-refractivity contribution in [2.45, 2.75) is 13.0 Å². The lowest BCUT2D eigenvalue weighted by Crippen LogP contribution is -2.46. The van der Waals surface area contributed by atoms with Crippen molar-refractivity contribution in [1.82, 2.24) is 19.3 Å². The van der Waals surface area contributed by atoms with Gasteiger partial charge in [0, 0.05) is 60.6 Å². The van der Waals surface area contributed by atoms with Gasteiger partial charge in [-0.05, 0) is 42.0 Å². The lowest BCUT2D eigenvalue weighted by molar-refractivity contribution is -0.115. The van der Waals surface area contributed by atoms with Crippen molar-refractivity contribution < 1.29 is 9.53 Å². The fourth-order valence-corrected chi connectivity index (χ4v) is 5.86. The maximum absolute atomic E-state index is 12.8. The summed E-state index contributed by atoms with van der Waals surface area (Å²) in [6.07, 6.45) is 3.94. The third kappa shape index (κ3) is 5.96. The molecule has 0 aliphatic carbocycles. The van der Waals surface area contributed by atoms with Gasteiger partial charge in [-0.3, -0.25) is 14.1 Å². The van der Waals surface area contributed by atoms with Crippen LogP contribution in [0, 0.1) is 0 Å². The number of thiazole rings is 1. The number of carbonyl (C=O) groups excluding carboxylic acids is 1. The average Bonchev–Trinajstić information content (AvgIpc) is 3.57. The Morgan fingerprint density at radius 2 is 1.80 bits per heavy atom. The molecule has 1 N–H and O–H groups in total. The summed E-state index contributed by atoms with van der Waals surface area (Å²) in [7, 11) is 1.69. The molecule has 1 aliphatic rings. The largest absolute Gasteiger partial charge is 0.497 e. The zero-order valence-corrected chi connectivity index (χ0v) is 23.7. The van der Waals surface area contributed by atoms with Gasteiger partial charge in [0.25, 0.3) is 0 Å². The van der Waals surface area contributed by atoms with Gasteiger partial charge in [-0.2, -0.15) is 0 Å². The number of halogens is 1. The molecule has 10 heteroatoms. The van der Waals surface area contributed by atoms with E-state index in [0.29, 0.717) is 10.7 Å². The highest BCUT2D eigenvalue weighted by molar-refractivity contribution is 7.15. The number of benzene rings is 2. The summed E-state index contributed by atoms with van der Waals surface area (Å²) in [6, 6.07) is 19.7. The number of methoxy groups -OCH3 is 1. The van der Waals surface area contributed by atoms with Gasteiger partial charge in [0.1, 0.15) is 11.6 Å². The molecule has 204 valence electrons. The van der Waals surface area contributed by atoms with E-state index in [0.717, 1.165) is 66.2 Å². The number of carbonyl (C=O) groups is 1. The summed E-state index contributed by atoms with van der Waals surface area (Å²) in [6.45, 7) is 4.68. The molecule has 0 spiro atoms. The van der Waals surface area contributed by atoms with E-state index in [2.05, 4.69) is 32.2 Å². The van der Waals surface area contributed by atoms with Crippen LogP contribution in [0.4, 0.5) is 11.5 Å². The van der Waals surface area contributed by atoms with Crippen molar-refractivity contribution in [3.05, 3.63) is 94.7 Å². The lowest BCUT2D eigenvalue weighted by Gasteiger charge is -2.35. The number of pyridine rings is 1. The van der Waals surface area contributed by atoms with E-state index in [1.165, 1.54) is 16.9 Å². The average molecular weight is 573 g/mol. The molecule has 2 aromatic carbocycles. The number of rotatable bonds is 8. The van der Waals surface area contributed by atoms with Gasteiger partial charge in [-0.25, -0.2) is 9.97 Å². The molecule has 0 unspecified atom stereocenters. The molecule has 0 atom stereocenters. The minimum atomic E-state index is -0.0943. The number of hydrogen-bond acceptors (Lipinski definition) is 7. The van der Waals surface area contributed by atoms with Crippen LogP contribution in [0.2, 0.25) is 5.02 Å². The molecule has 6 rings (SSSR count). The third-order valence-electron chi connectivity index (χ3n) is 7.06. The first-order valence-electron chi connectivity index (χ1n) is 13.1. The number of nitrogens with zero attached hydrogens (tertiary/aromatic N) is 5. The van der Waals surface area contributed by atoms with Crippen molar-refractivity contribution in [1.29, 1.82) is 0 Å². The number of amides is 1. The smallest absolute Gasteiger partial charge is 0.230 e. The molecular weight excluding hydrogens is 544 g/mol. The number of anilines is 2. The molecule has 0 saturated carbocycles. The van der Waals surface area contributed by atoms with Gasteiger partial charge in [-0.15, -0.1) is 11.3 Å². The normalized spacial score (nSPS) is 14.0. The number of hydrogen-bond donors (Lipinski definition) is 1. The number of imidazole rings is 1. The van der Waals surface area contributed by atoms with Gasteiger partial charge < -0.3 is 15.0 Å². The molecule has 1 fully saturated rings. The van der Waals surface area contributed by atoms with Crippen LogP contribution < -0.4 is 15.0 Å². The van der Waals surface area contributed by atoms with Gasteiger partial charge in [0.2, 0.25) is 5.91 Å². The molecule has 1 saturated heterocycles. The Bertz CT molecular complexity index is 1590. The van der Waals surface area contributed by atoms with Crippen molar-refractivity contribution in [3.63, 3.8) is 0 Å². The Morgan fingerprint density at radius 3 is 2.50 bits per heavy atom. The number of ether oxygens (including phenoxy) is 1. The van der Waals surface area contributed by atoms with Gasteiger partial charge in [0.05, 0.1) is 31.1 Å². The highest BCUT2D eigenvalue weighted by Gasteiger charge is 2.19. The highest BCUT2D eigenvalue weighted by Crippen LogP contribution is 2.25. The summed E-state index contributed by atoms with van der Waals surface area (Å²) in [4.78, 5) is 27.8. The van der Waals surface area contributed by atoms with Crippen molar-refractivity contribution in [3.8, 4) is 17.0 Å². The third-order valence-corrected chi connectivity index (χ3v) is 8.20. The van der Waals surface area contributed by atoms with Crippen LogP contribution in [-0.4, -0.2) is 58.5 Å². The van der Waals surface area contributed by atoms with Crippen LogP contribution in [0.3, 0.4) is 0 Å². The fraction of sp³-hybridized carbons (Fsp3) is 0.233. The minimum Gasteiger partial charge on any atom is -0.497 e. The number of nitrogens with one attached hydrogen (secondary N) is 1. The second-order valence-corrected chi connectivity index (χ2v) is 11.0. The zero-order chi connectivity index (χ0) is 27.5. The molecule has 3 aromatic heterocycles.